The number of amides is 3. The molecule has 0 aromatic carbocycles. The third kappa shape index (κ3) is 7.08. The molecule has 17 heteroatoms. The summed E-state index contributed by atoms with van der Waals surface area (Å²) in [4.78, 5) is 41.3. The number of carbonyl (C=O) groups is 3. The van der Waals surface area contributed by atoms with Crippen LogP contribution < -0.4 is 15.4 Å². The van der Waals surface area contributed by atoms with Crippen LogP contribution in [0.5, 0.6) is 5.88 Å². The highest BCUT2D eigenvalue weighted by Crippen LogP contribution is 2.29. The molecular weight excluding hydrogens is 559 g/mol. The zero-order chi connectivity index (χ0) is 28.1. The van der Waals surface area contributed by atoms with Gasteiger partial charge >= 0.3 is 18.2 Å². The maximum absolute atomic E-state index is 13.2. The van der Waals surface area contributed by atoms with Crippen molar-refractivity contribution in [2.45, 2.75) is 30.7 Å². The fourth-order valence-corrected chi connectivity index (χ4v) is 5.69. The van der Waals surface area contributed by atoms with Gasteiger partial charge < -0.3 is 15.2 Å². The van der Waals surface area contributed by atoms with Crippen molar-refractivity contribution < 1.29 is 45.8 Å². The summed E-state index contributed by atoms with van der Waals surface area (Å²) in [6.45, 7) is 0.450. The van der Waals surface area contributed by atoms with Crippen LogP contribution in [-0.2, 0) is 25.2 Å². The second-order valence-corrected chi connectivity index (χ2v) is 10.5. The molecular formula is C21H21ClF3N5O7S. The molecule has 3 N–H and O–H groups in total. The number of pyridine rings is 2. The Balaban J connectivity index is 0.000000505. The van der Waals surface area contributed by atoms with E-state index >= 15 is 0 Å². The molecule has 0 aliphatic carbocycles. The van der Waals surface area contributed by atoms with E-state index in [9.17, 15) is 31.2 Å². The number of ether oxygens (including phenoxy) is 1. The van der Waals surface area contributed by atoms with Gasteiger partial charge in [0.25, 0.3) is 5.91 Å². The number of aliphatic carboxylic acids is 1. The Labute approximate surface area is 219 Å². The number of piperidine rings is 1. The predicted octanol–water partition coefficient (Wildman–Crippen LogP) is 1.67. The first kappa shape index (κ1) is 29.1. The van der Waals surface area contributed by atoms with E-state index in [0.717, 1.165) is 0 Å². The van der Waals surface area contributed by atoms with Crippen molar-refractivity contribution in [1.29, 1.82) is 0 Å². The first-order chi connectivity index (χ1) is 17.7. The zero-order valence-corrected chi connectivity index (χ0v) is 20.9. The molecule has 2 aromatic rings. The van der Waals surface area contributed by atoms with Crippen LogP contribution in [0.15, 0.2) is 42.9 Å². The quantitative estimate of drug-likeness (QED) is 0.431. The Hall–Kier alpha value is -3.50. The summed E-state index contributed by atoms with van der Waals surface area (Å²) in [6, 6.07) is 5.62. The van der Waals surface area contributed by atoms with Crippen LogP contribution in [0.4, 0.5) is 18.0 Å². The van der Waals surface area contributed by atoms with E-state index in [1.54, 1.807) is 12.1 Å². The van der Waals surface area contributed by atoms with E-state index in [1.165, 1.54) is 35.0 Å². The SMILES string of the molecule is O=C(O)C(F)(F)F.O=C1NC(=O)C(CS(=O)(=O)N2CCC(Oc3ccc(Cl)cn3)CC2)(c2ccncc2)N1. The maximum Gasteiger partial charge on any atom is 0.490 e. The molecule has 0 radical (unpaired) electrons. The Kier molecular flexibility index (Phi) is 8.79. The second kappa shape index (κ2) is 11.5. The van der Waals surface area contributed by atoms with Crippen molar-refractivity contribution in [3.05, 3.63) is 53.4 Å². The van der Waals surface area contributed by atoms with Gasteiger partial charge in [-0.05, 0) is 36.6 Å². The fourth-order valence-electron chi connectivity index (χ4n) is 3.71. The van der Waals surface area contributed by atoms with Gasteiger partial charge in [-0.3, -0.25) is 15.1 Å². The number of hydrogen-bond donors (Lipinski definition) is 3. The Bertz CT molecular complexity index is 1270. The Morgan fingerprint density at radius 1 is 1.18 bits per heavy atom. The number of hydrogen-bond acceptors (Lipinski definition) is 8. The highest BCUT2D eigenvalue weighted by Gasteiger charge is 2.52. The van der Waals surface area contributed by atoms with Gasteiger partial charge in [0, 0.05) is 37.7 Å². The van der Waals surface area contributed by atoms with Crippen molar-refractivity contribution in [3.63, 3.8) is 0 Å². The molecule has 0 bridgehead atoms. The van der Waals surface area contributed by atoms with Gasteiger partial charge in [-0.15, -0.1) is 0 Å². The average molecular weight is 580 g/mol. The number of carbonyl (C=O) groups excluding carboxylic acids is 2. The summed E-state index contributed by atoms with van der Waals surface area (Å²) in [6.07, 6.45) is 0.0123. The minimum absolute atomic E-state index is 0.191. The van der Waals surface area contributed by atoms with Gasteiger partial charge in [0.15, 0.2) is 5.54 Å². The third-order valence-electron chi connectivity index (χ3n) is 5.54. The van der Waals surface area contributed by atoms with E-state index in [4.69, 9.17) is 26.2 Å². The van der Waals surface area contributed by atoms with Crippen LogP contribution in [-0.4, -0.2) is 76.8 Å². The maximum atomic E-state index is 13.2. The molecule has 4 heterocycles. The number of rotatable bonds is 6. The van der Waals surface area contributed by atoms with Crippen LogP contribution in [0.1, 0.15) is 18.4 Å². The molecule has 12 nitrogen and oxygen atoms in total. The van der Waals surface area contributed by atoms with Crippen molar-refractivity contribution >= 4 is 39.5 Å². The van der Waals surface area contributed by atoms with Gasteiger partial charge in [0.05, 0.1) is 5.02 Å². The zero-order valence-electron chi connectivity index (χ0n) is 19.3. The molecule has 38 heavy (non-hydrogen) atoms. The molecule has 2 aromatic heterocycles. The smallest absolute Gasteiger partial charge is 0.475 e. The number of imide groups is 1. The first-order valence-electron chi connectivity index (χ1n) is 10.8. The predicted molar refractivity (Wildman–Crippen MR) is 125 cm³/mol. The molecule has 206 valence electrons. The number of sulfonamides is 1. The van der Waals surface area contributed by atoms with Gasteiger partial charge in [-0.25, -0.2) is 27.3 Å². The molecule has 0 spiro atoms. The topological polar surface area (TPSA) is 168 Å². The van der Waals surface area contributed by atoms with Crippen LogP contribution in [0.3, 0.4) is 0 Å². The van der Waals surface area contributed by atoms with Gasteiger partial charge in [0.1, 0.15) is 11.9 Å². The Morgan fingerprint density at radius 3 is 2.26 bits per heavy atom. The molecule has 1 atom stereocenters. The lowest BCUT2D eigenvalue weighted by Crippen LogP contribution is -2.53. The van der Waals surface area contributed by atoms with Crippen LogP contribution in [0.2, 0.25) is 5.02 Å². The van der Waals surface area contributed by atoms with Crippen LogP contribution in [0, 0.1) is 0 Å². The van der Waals surface area contributed by atoms with Gasteiger partial charge in [-0.2, -0.15) is 13.2 Å². The minimum atomic E-state index is -5.08. The largest absolute Gasteiger partial charge is 0.490 e. The van der Waals surface area contributed by atoms with E-state index in [1.807, 2.05) is 0 Å². The molecule has 1 unspecified atom stereocenters. The number of carboxylic acid groups (broad SMARTS) is 1. The van der Waals surface area contributed by atoms with Crippen molar-refractivity contribution in [3.8, 4) is 5.88 Å². The number of carboxylic acids is 1. The van der Waals surface area contributed by atoms with Gasteiger partial charge in [-0.1, -0.05) is 11.6 Å². The van der Waals surface area contributed by atoms with E-state index in [0.29, 0.717) is 29.3 Å². The molecule has 2 aliphatic rings. The molecule has 2 fully saturated rings. The van der Waals surface area contributed by atoms with E-state index in [-0.39, 0.29) is 19.2 Å². The summed E-state index contributed by atoms with van der Waals surface area (Å²) in [5, 5.41) is 12.3. The first-order valence-corrected chi connectivity index (χ1v) is 12.8. The van der Waals surface area contributed by atoms with Crippen molar-refractivity contribution in [2.24, 2.45) is 0 Å². The van der Waals surface area contributed by atoms with Crippen LogP contribution >= 0.6 is 11.6 Å². The lowest BCUT2D eigenvalue weighted by atomic mass is 9.93. The number of nitrogens with zero attached hydrogens (tertiary/aromatic N) is 3. The highest BCUT2D eigenvalue weighted by molar-refractivity contribution is 7.89. The standard InChI is InChI=1S/C19H20ClN5O5S.C2HF3O2/c20-14-1-2-16(22-11-14)30-15-5-9-25(10-6-15)31(28,29)12-19(13-3-7-21-8-4-13)17(26)23-18(27)24-19;3-2(4,5)1(6)7/h1-4,7-8,11,15H,5-6,9-10,12H2,(H2,23,24,26,27);(H,6,7). The van der Waals surface area contributed by atoms with Crippen LogP contribution in [0.25, 0.3) is 0 Å². The number of nitrogens with one attached hydrogen (secondary N) is 2. The fraction of sp³-hybridized carbons (Fsp3) is 0.381. The molecule has 2 saturated heterocycles. The second-order valence-electron chi connectivity index (χ2n) is 8.14. The number of aromatic nitrogens is 2. The summed E-state index contributed by atoms with van der Waals surface area (Å²) in [5.41, 5.74) is -1.36. The van der Waals surface area contributed by atoms with Crippen molar-refractivity contribution in [2.75, 3.05) is 18.8 Å². The third-order valence-corrected chi connectivity index (χ3v) is 7.71. The minimum Gasteiger partial charge on any atom is -0.475 e. The number of halogens is 4. The Morgan fingerprint density at radius 2 is 1.79 bits per heavy atom. The number of alkyl halides is 3. The van der Waals surface area contributed by atoms with E-state index < -0.39 is 45.4 Å². The monoisotopic (exact) mass is 579 g/mol. The van der Waals surface area contributed by atoms with Crippen molar-refractivity contribution in [1.82, 2.24) is 24.9 Å². The molecule has 2 aliphatic heterocycles. The molecule has 3 amide bonds. The lowest BCUT2D eigenvalue weighted by molar-refractivity contribution is -0.192. The normalized spacial score (nSPS) is 20.6. The summed E-state index contributed by atoms with van der Waals surface area (Å²) in [5.74, 6) is -3.63. The average Bonchev–Trinajstić information content (AvgIpc) is 3.14. The lowest BCUT2D eigenvalue weighted by Gasteiger charge is -2.34. The summed E-state index contributed by atoms with van der Waals surface area (Å²) < 4.78 is 65.2. The highest BCUT2D eigenvalue weighted by atomic mass is 35.5. The molecule has 0 saturated carbocycles. The summed E-state index contributed by atoms with van der Waals surface area (Å²) in [7, 11) is -3.88. The van der Waals surface area contributed by atoms with Gasteiger partial charge in [0.2, 0.25) is 15.9 Å². The molecule has 4 rings (SSSR count). The number of urea groups is 1. The summed E-state index contributed by atoms with van der Waals surface area (Å²) >= 11 is 5.82. The van der Waals surface area contributed by atoms with E-state index in [2.05, 4.69) is 20.6 Å².